The second-order valence-electron chi connectivity index (χ2n) is 4.99. The molecule has 2 N–H and O–H groups in total. The number of nitrogens with zero attached hydrogens (tertiary/aromatic N) is 1. The first-order valence-corrected chi connectivity index (χ1v) is 7.87. The van der Waals surface area contributed by atoms with Crippen LogP contribution in [0.1, 0.15) is 17.2 Å². The fraction of sp³-hybridized carbons (Fsp3) is 0.250. The summed E-state index contributed by atoms with van der Waals surface area (Å²) in [4.78, 5) is 2.36. The van der Waals surface area contributed by atoms with Gasteiger partial charge in [0.2, 0.25) is 0 Å². The molecule has 0 aromatic heterocycles. The van der Waals surface area contributed by atoms with E-state index in [1.807, 2.05) is 12.1 Å². The van der Waals surface area contributed by atoms with Gasteiger partial charge in [-0.05, 0) is 41.8 Å². The molecule has 4 heteroatoms. The predicted octanol–water partition coefficient (Wildman–Crippen LogP) is 4.17. The highest BCUT2D eigenvalue weighted by Gasteiger charge is 2.27. The SMILES string of the molecule is NCC(c1cc(Br)ccc1Cl)N1CCc2ccccc21. The van der Waals surface area contributed by atoms with Crippen LogP contribution in [0.2, 0.25) is 5.02 Å². The lowest BCUT2D eigenvalue weighted by Crippen LogP contribution is -2.32. The van der Waals surface area contributed by atoms with E-state index in [1.54, 1.807) is 0 Å². The second-order valence-corrected chi connectivity index (χ2v) is 6.31. The molecule has 0 amide bonds. The van der Waals surface area contributed by atoms with E-state index < -0.39 is 0 Å². The molecule has 2 aromatic rings. The Morgan fingerprint density at radius 2 is 2.05 bits per heavy atom. The average Bonchev–Trinajstić information content (AvgIpc) is 2.88. The second kappa shape index (κ2) is 5.76. The highest BCUT2D eigenvalue weighted by molar-refractivity contribution is 9.10. The zero-order valence-corrected chi connectivity index (χ0v) is 13.4. The Morgan fingerprint density at radius 3 is 2.85 bits per heavy atom. The van der Waals surface area contributed by atoms with Crippen molar-refractivity contribution in [2.75, 3.05) is 18.0 Å². The molecule has 1 aliphatic rings. The molecule has 1 unspecified atom stereocenters. The lowest BCUT2D eigenvalue weighted by atomic mass is 10.0. The van der Waals surface area contributed by atoms with Gasteiger partial charge in [-0.2, -0.15) is 0 Å². The molecule has 1 heterocycles. The van der Waals surface area contributed by atoms with E-state index in [1.165, 1.54) is 11.3 Å². The van der Waals surface area contributed by atoms with Crippen LogP contribution in [-0.2, 0) is 6.42 Å². The minimum Gasteiger partial charge on any atom is -0.363 e. The van der Waals surface area contributed by atoms with Crippen molar-refractivity contribution in [3.8, 4) is 0 Å². The van der Waals surface area contributed by atoms with Crippen LogP contribution >= 0.6 is 27.5 Å². The third-order valence-corrected chi connectivity index (χ3v) is 4.68. The number of nitrogens with two attached hydrogens (primary N) is 1. The molecule has 2 nitrogen and oxygen atoms in total. The Morgan fingerprint density at radius 1 is 1.25 bits per heavy atom. The van der Waals surface area contributed by atoms with Gasteiger partial charge >= 0.3 is 0 Å². The molecular formula is C16H16BrClN2. The number of benzene rings is 2. The van der Waals surface area contributed by atoms with Crippen LogP contribution in [0.3, 0.4) is 0 Å². The maximum Gasteiger partial charge on any atom is 0.0679 e. The third kappa shape index (κ3) is 2.46. The van der Waals surface area contributed by atoms with Gasteiger partial charge in [0, 0.05) is 28.3 Å². The Labute approximate surface area is 132 Å². The summed E-state index contributed by atoms with van der Waals surface area (Å²) in [6, 6.07) is 14.6. The molecule has 2 aromatic carbocycles. The van der Waals surface area contributed by atoms with Gasteiger partial charge in [0.15, 0.2) is 0 Å². The molecule has 0 saturated heterocycles. The topological polar surface area (TPSA) is 29.3 Å². The zero-order chi connectivity index (χ0) is 14.1. The molecule has 1 atom stereocenters. The summed E-state index contributed by atoms with van der Waals surface area (Å²) < 4.78 is 1.03. The van der Waals surface area contributed by atoms with Crippen LogP contribution in [-0.4, -0.2) is 13.1 Å². The molecule has 0 spiro atoms. The smallest absolute Gasteiger partial charge is 0.0679 e. The maximum absolute atomic E-state index is 6.37. The van der Waals surface area contributed by atoms with Gasteiger partial charge in [-0.1, -0.05) is 45.7 Å². The summed E-state index contributed by atoms with van der Waals surface area (Å²) >= 11 is 9.89. The van der Waals surface area contributed by atoms with Crippen molar-refractivity contribution >= 4 is 33.2 Å². The van der Waals surface area contributed by atoms with E-state index in [-0.39, 0.29) is 6.04 Å². The number of fused-ring (bicyclic) bond motifs is 1. The van der Waals surface area contributed by atoms with Crippen LogP contribution in [0.5, 0.6) is 0 Å². The lowest BCUT2D eigenvalue weighted by molar-refractivity contribution is 0.649. The Hall–Kier alpha value is -1.03. The molecule has 0 radical (unpaired) electrons. The molecule has 20 heavy (non-hydrogen) atoms. The van der Waals surface area contributed by atoms with Gasteiger partial charge in [0.25, 0.3) is 0 Å². The summed E-state index contributed by atoms with van der Waals surface area (Å²) in [6.07, 6.45) is 1.07. The van der Waals surface area contributed by atoms with E-state index in [4.69, 9.17) is 17.3 Å². The number of hydrogen-bond donors (Lipinski definition) is 1. The van der Waals surface area contributed by atoms with Gasteiger partial charge in [-0.15, -0.1) is 0 Å². The highest BCUT2D eigenvalue weighted by atomic mass is 79.9. The number of rotatable bonds is 3. The van der Waals surface area contributed by atoms with Crippen LogP contribution in [0.15, 0.2) is 46.9 Å². The number of para-hydroxylation sites is 1. The summed E-state index contributed by atoms with van der Waals surface area (Å²) in [5.41, 5.74) is 9.79. The first kappa shape index (κ1) is 13.9. The standard InChI is InChI=1S/C16H16BrClN2/c17-12-5-6-14(18)13(9-12)16(10-19)20-8-7-11-3-1-2-4-15(11)20/h1-6,9,16H,7-8,10,19H2. The quantitative estimate of drug-likeness (QED) is 0.899. The van der Waals surface area contributed by atoms with Crippen molar-refractivity contribution in [1.82, 2.24) is 0 Å². The molecule has 3 rings (SSSR count). The average molecular weight is 352 g/mol. The number of anilines is 1. The van der Waals surface area contributed by atoms with Crippen LogP contribution < -0.4 is 10.6 Å². The number of halogens is 2. The zero-order valence-electron chi connectivity index (χ0n) is 11.0. The van der Waals surface area contributed by atoms with Gasteiger partial charge < -0.3 is 10.6 Å². The molecule has 104 valence electrons. The molecule has 0 fully saturated rings. The monoisotopic (exact) mass is 350 g/mol. The fourth-order valence-electron chi connectivity index (χ4n) is 2.88. The Balaban J connectivity index is 2.01. The van der Waals surface area contributed by atoms with Crippen molar-refractivity contribution in [3.63, 3.8) is 0 Å². The van der Waals surface area contributed by atoms with E-state index >= 15 is 0 Å². The highest BCUT2D eigenvalue weighted by Crippen LogP contribution is 2.37. The van der Waals surface area contributed by atoms with Crippen molar-refractivity contribution in [1.29, 1.82) is 0 Å². The van der Waals surface area contributed by atoms with Crippen molar-refractivity contribution in [2.24, 2.45) is 5.73 Å². The van der Waals surface area contributed by atoms with Gasteiger partial charge in [0.05, 0.1) is 6.04 Å². The van der Waals surface area contributed by atoms with Crippen LogP contribution in [0, 0.1) is 0 Å². The summed E-state index contributed by atoms with van der Waals surface area (Å²) in [7, 11) is 0. The number of hydrogen-bond acceptors (Lipinski definition) is 2. The summed E-state index contributed by atoms with van der Waals surface area (Å²) in [6.45, 7) is 1.54. The first-order valence-electron chi connectivity index (χ1n) is 6.70. The van der Waals surface area contributed by atoms with Crippen molar-refractivity contribution < 1.29 is 0 Å². The van der Waals surface area contributed by atoms with Crippen LogP contribution in [0.4, 0.5) is 5.69 Å². The summed E-state index contributed by atoms with van der Waals surface area (Å²) in [5.74, 6) is 0. The summed E-state index contributed by atoms with van der Waals surface area (Å²) in [5, 5.41) is 0.771. The Bertz CT molecular complexity index is 630. The van der Waals surface area contributed by atoms with E-state index in [2.05, 4.69) is 51.2 Å². The first-order chi connectivity index (χ1) is 9.70. The van der Waals surface area contributed by atoms with E-state index in [9.17, 15) is 0 Å². The predicted molar refractivity (Wildman–Crippen MR) is 88.4 cm³/mol. The molecule has 0 aliphatic carbocycles. The van der Waals surface area contributed by atoms with Gasteiger partial charge in [0.1, 0.15) is 0 Å². The largest absolute Gasteiger partial charge is 0.363 e. The minimum atomic E-state index is 0.114. The van der Waals surface area contributed by atoms with E-state index in [0.717, 1.165) is 28.0 Å². The minimum absolute atomic E-state index is 0.114. The fourth-order valence-corrected chi connectivity index (χ4v) is 3.50. The lowest BCUT2D eigenvalue weighted by Gasteiger charge is -2.30. The van der Waals surface area contributed by atoms with E-state index in [0.29, 0.717) is 6.54 Å². The third-order valence-electron chi connectivity index (χ3n) is 3.84. The molecular weight excluding hydrogens is 336 g/mol. The molecule has 0 bridgehead atoms. The van der Waals surface area contributed by atoms with Gasteiger partial charge in [-0.3, -0.25) is 0 Å². The molecule has 0 saturated carbocycles. The normalized spacial score (nSPS) is 15.2. The van der Waals surface area contributed by atoms with Gasteiger partial charge in [-0.25, -0.2) is 0 Å². The Kier molecular flexibility index (Phi) is 4.01. The van der Waals surface area contributed by atoms with Crippen LogP contribution in [0.25, 0.3) is 0 Å². The van der Waals surface area contributed by atoms with Crippen molar-refractivity contribution in [2.45, 2.75) is 12.5 Å². The van der Waals surface area contributed by atoms with Crippen molar-refractivity contribution in [3.05, 3.63) is 63.1 Å². The molecule has 1 aliphatic heterocycles. The maximum atomic E-state index is 6.37.